The minimum Gasteiger partial charge on any atom is -0.345 e. The van der Waals surface area contributed by atoms with Crippen molar-refractivity contribution in [3.8, 4) is 0 Å². The van der Waals surface area contributed by atoms with E-state index in [0.717, 1.165) is 11.6 Å². The second kappa shape index (κ2) is 8.22. The van der Waals surface area contributed by atoms with Crippen LogP contribution in [-0.2, 0) is 4.79 Å². The molecule has 3 nitrogen and oxygen atoms in total. The van der Waals surface area contributed by atoms with E-state index in [2.05, 4.69) is 5.32 Å². The van der Waals surface area contributed by atoms with Gasteiger partial charge in [-0.25, -0.2) is 8.78 Å². The first kappa shape index (κ1) is 18.4. The molecule has 0 fully saturated rings. The summed E-state index contributed by atoms with van der Waals surface area (Å²) in [5.74, 6) is -1.54. The fraction of sp³-hybridized carbons (Fsp3) is 0.278. The van der Waals surface area contributed by atoms with E-state index < -0.39 is 17.7 Å². The Kier molecular flexibility index (Phi) is 6.29. The monoisotopic (exact) mass is 353 g/mol. The van der Waals surface area contributed by atoms with Crippen LogP contribution in [0.4, 0.5) is 8.78 Å². The molecule has 0 unspecified atom stereocenters. The van der Waals surface area contributed by atoms with Crippen molar-refractivity contribution in [3.63, 3.8) is 0 Å². The molecule has 1 amide bonds. The predicted molar refractivity (Wildman–Crippen MR) is 89.6 cm³/mol. The molecule has 3 N–H and O–H groups in total. The van der Waals surface area contributed by atoms with Crippen LogP contribution in [0.1, 0.15) is 37.1 Å². The molecule has 0 heterocycles. The highest BCUT2D eigenvalue weighted by Gasteiger charge is 2.17. The van der Waals surface area contributed by atoms with Gasteiger partial charge in [0.1, 0.15) is 17.7 Å². The van der Waals surface area contributed by atoms with Crippen LogP contribution < -0.4 is 10.6 Å². The summed E-state index contributed by atoms with van der Waals surface area (Å²) in [5.41, 5.74) is 1.20. The van der Waals surface area contributed by atoms with Gasteiger partial charge in [-0.05, 0) is 26.0 Å². The zero-order chi connectivity index (χ0) is 17.7. The molecule has 128 valence electrons. The third-order valence-electron chi connectivity index (χ3n) is 3.86. The average molecular weight is 354 g/mol. The minimum atomic E-state index is -0.670. The van der Waals surface area contributed by atoms with Gasteiger partial charge in [0.15, 0.2) is 6.54 Å². The number of nitrogens with one attached hydrogen (secondary N) is 1. The van der Waals surface area contributed by atoms with E-state index in [1.54, 1.807) is 13.0 Å². The van der Waals surface area contributed by atoms with Gasteiger partial charge >= 0.3 is 0 Å². The molecular weight excluding hydrogens is 334 g/mol. The van der Waals surface area contributed by atoms with Crippen LogP contribution in [0.5, 0.6) is 0 Å². The van der Waals surface area contributed by atoms with E-state index in [1.165, 1.54) is 12.1 Å². The third kappa shape index (κ3) is 4.76. The van der Waals surface area contributed by atoms with Gasteiger partial charge in [-0.1, -0.05) is 35.9 Å². The molecule has 0 aromatic heterocycles. The number of nitrogens with two attached hydrogens (primary N) is 1. The average Bonchev–Trinajstić information content (AvgIpc) is 2.52. The second-order valence-electron chi connectivity index (χ2n) is 5.71. The smallest absolute Gasteiger partial charge is 0.275 e. The van der Waals surface area contributed by atoms with Crippen molar-refractivity contribution in [2.75, 3.05) is 6.54 Å². The molecule has 24 heavy (non-hydrogen) atoms. The van der Waals surface area contributed by atoms with Crippen molar-refractivity contribution in [1.82, 2.24) is 5.32 Å². The molecular formula is C18H20ClF2N2O+. The van der Waals surface area contributed by atoms with Crippen LogP contribution in [0.2, 0.25) is 5.02 Å². The molecule has 2 atom stereocenters. The van der Waals surface area contributed by atoms with Crippen LogP contribution in [0.3, 0.4) is 0 Å². The lowest BCUT2D eigenvalue weighted by atomic mass is 10.1. The first-order chi connectivity index (χ1) is 11.4. The summed E-state index contributed by atoms with van der Waals surface area (Å²) in [5, 5.41) is 5.22. The molecule has 6 heteroatoms. The first-order valence-corrected chi connectivity index (χ1v) is 8.08. The Morgan fingerprint density at radius 1 is 1.17 bits per heavy atom. The van der Waals surface area contributed by atoms with Crippen molar-refractivity contribution in [2.24, 2.45) is 0 Å². The molecule has 0 spiro atoms. The maximum Gasteiger partial charge on any atom is 0.275 e. The number of amides is 1. The second-order valence-corrected chi connectivity index (χ2v) is 6.11. The number of carbonyl (C=O) groups excluding carboxylic acids is 1. The SMILES string of the molecule is C[C@H](NC(=O)C[NH2+][C@@H](C)c1ccccc1Cl)c1ccc(F)cc1F. The summed E-state index contributed by atoms with van der Waals surface area (Å²) in [6.07, 6.45) is 0. The molecule has 0 aliphatic rings. The van der Waals surface area contributed by atoms with Crippen LogP contribution in [-0.4, -0.2) is 12.5 Å². The van der Waals surface area contributed by atoms with Gasteiger partial charge in [-0.15, -0.1) is 0 Å². The van der Waals surface area contributed by atoms with Crippen molar-refractivity contribution < 1.29 is 18.9 Å². The van der Waals surface area contributed by atoms with Gasteiger partial charge < -0.3 is 10.6 Å². The van der Waals surface area contributed by atoms with Gasteiger partial charge in [-0.3, -0.25) is 4.79 Å². The molecule has 0 saturated heterocycles. The number of halogens is 3. The Morgan fingerprint density at radius 2 is 1.88 bits per heavy atom. The highest BCUT2D eigenvalue weighted by Crippen LogP contribution is 2.19. The molecule has 0 bridgehead atoms. The molecule has 0 aliphatic carbocycles. The van der Waals surface area contributed by atoms with E-state index in [1.807, 2.05) is 30.4 Å². The number of hydrogen-bond donors (Lipinski definition) is 2. The Hall–Kier alpha value is -1.98. The van der Waals surface area contributed by atoms with Crippen LogP contribution in [0.15, 0.2) is 42.5 Å². The Balaban J connectivity index is 1.90. The van der Waals surface area contributed by atoms with Gasteiger partial charge in [0.2, 0.25) is 0 Å². The topological polar surface area (TPSA) is 45.7 Å². The van der Waals surface area contributed by atoms with Gasteiger partial charge in [0.25, 0.3) is 5.91 Å². The summed E-state index contributed by atoms with van der Waals surface area (Å²) in [6, 6.07) is 10.3. The minimum absolute atomic E-state index is 0.0160. The molecule has 0 saturated carbocycles. The maximum atomic E-state index is 13.7. The van der Waals surface area contributed by atoms with Crippen molar-refractivity contribution >= 4 is 17.5 Å². The normalized spacial score (nSPS) is 13.4. The van der Waals surface area contributed by atoms with Crippen LogP contribution in [0.25, 0.3) is 0 Å². The number of carbonyl (C=O) groups is 1. The van der Waals surface area contributed by atoms with Crippen LogP contribution >= 0.6 is 11.6 Å². The Labute approximate surface area is 145 Å². The number of hydrogen-bond acceptors (Lipinski definition) is 1. The molecule has 2 aromatic carbocycles. The summed E-state index contributed by atoms with van der Waals surface area (Å²) < 4.78 is 26.7. The summed E-state index contributed by atoms with van der Waals surface area (Å²) >= 11 is 6.14. The third-order valence-corrected chi connectivity index (χ3v) is 4.20. The number of quaternary nitrogens is 1. The van der Waals surface area contributed by atoms with E-state index in [-0.39, 0.29) is 24.1 Å². The van der Waals surface area contributed by atoms with Crippen molar-refractivity contribution in [1.29, 1.82) is 0 Å². The summed E-state index contributed by atoms with van der Waals surface area (Å²) in [7, 11) is 0. The standard InChI is InChI=1S/C18H19ClF2N2O/c1-11(14-5-3-4-6-16(14)19)22-10-18(24)23-12(2)15-8-7-13(20)9-17(15)21/h3-9,11-12,22H,10H2,1-2H3,(H,23,24)/p+1/t11-,12-/m0/s1. The largest absolute Gasteiger partial charge is 0.345 e. The first-order valence-electron chi connectivity index (χ1n) is 7.70. The zero-order valence-corrected chi connectivity index (χ0v) is 14.3. The predicted octanol–water partition coefficient (Wildman–Crippen LogP) is 3.12. The Morgan fingerprint density at radius 3 is 2.54 bits per heavy atom. The summed E-state index contributed by atoms with van der Waals surface area (Å²) in [6.45, 7) is 3.79. The van der Waals surface area contributed by atoms with Crippen LogP contribution in [0, 0.1) is 11.6 Å². The fourth-order valence-corrected chi connectivity index (χ4v) is 2.79. The highest BCUT2D eigenvalue weighted by molar-refractivity contribution is 6.31. The van der Waals surface area contributed by atoms with E-state index >= 15 is 0 Å². The quantitative estimate of drug-likeness (QED) is 0.823. The maximum absolute atomic E-state index is 13.7. The Bertz CT molecular complexity index is 724. The van der Waals surface area contributed by atoms with E-state index in [0.29, 0.717) is 5.02 Å². The van der Waals surface area contributed by atoms with Crippen molar-refractivity contribution in [2.45, 2.75) is 25.9 Å². The van der Waals surface area contributed by atoms with Gasteiger partial charge in [0.05, 0.1) is 6.04 Å². The molecule has 2 aromatic rings. The van der Waals surface area contributed by atoms with E-state index in [4.69, 9.17) is 11.6 Å². The lowest BCUT2D eigenvalue weighted by Crippen LogP contribution is -2.87. The number of rotatable bonds is 6. The van der Waals surface area contributed by atoms with Gasteiger partial charge in [0, 0.05) is 22.2 Å². The number of benzene rings is 2. The molecule has 2 rings (SSSR count). The fourth-order valence-electron chi connectivity index (χ4n) is 2.49. The van der Waals surface area contributed by atoms with E-state index in [9.17, 15) is 13.6 Å². The zero-order valence-electron chi connectivity index (χ0n) is 13.5. The van der Waals surface area contributed by atoms with Gasteiger partial charge in [-0.2, -0.15) is 0 Å². The molecule has 0 radical (unpaired) electrons. The highest BCUT2D eigenvalue weighted by atomic mass is 35.5. The lowest BCUT2D eigenvalue weighted by molar-refractivity contribution is -0.682. The summed E-state index contributed by atoms with van der Waals surface area (Å²) in [4.78, 5) is 12.1. The molecule has 0 aliphatic heterocycles. The lowest BCUT2D eigenvalue weighted by Gasteiger charge is -2.16. The van der Waals surface area contributed by atoms with Crippen molar-refractivity contribution in [3.05, 3.63) is 70.2 Å².